The standard InChI is InChI=1S/Bi.H4O4Si.H2Te.3H/c;1-5(2,3)4;;;;/h;1-4H;1H2;;;. The van der Waals surface area contributed by atoms with Gasteiger partial charge in [0.25, 0.3) is 0 Å². The Labute approximate surface area is 77.5 Å². The summed E-state index contributed by atoms with van der Waals surface area (Å²) < 4.78 is 0. The van der Waals surface area contributed by atoms with Gasteiger partial charge in [0.1, 0.15) is 0 Å². The molecular formula is H9BiO4SiTe. The van der Waals surface area contributed by atoms with Gasteiger partial charge in [-0.2, -0.15) is 0 Å². The first-order valence-corrected chi connectivity index (χ1v) is 2.68. The molecule has 0 aliphatic carbocycles. The Hall–Kier alpha value is 1.73. The van der Waals surface area contributed by atoms with Crippen molar-refractivity contribution in [1.82, 2.24) is 0 Å². The Morgan fingerprint density at radius 2 is 0.857 bits per heavy atom. The maximum atomic E-state index is 7.33. The van der Waals surface area contributed by atoms with Gasteiger partial charge in [0, 0.05) is 0 Å². The second-order valence-corrected chi connectivity index (χ2v) is 1.80. The quantitative estimate of drug-likeness (QED) is 0.287. The van der Waals surface area contributed by atoms with Crippen molar-refractivity contribution in [3.05, 3.63) is 0 Å². The summed E-state index contributed by atoms with van der Waals surface area (Å²) in [4.78, 5) is 29.3. The van der Waals surface area contributed by atoms with Gasteiger partial charge >= 0.3 is 58.9 Å². The summed E-state index contributed by atoms with van der Waals surface area (Å²) >= 11 is 0. The van der Waals surface area contributed by atoms with E-state index in [1.54, 1.807) is 0 Å². The van der Waals surface area contributed by atoms with Crippen molar-refractivity contribution in [3.8, 4) is 0 Å². The average Bonchev–Trinajstić information content (AvgIpc) is 0.722. The van der Waals surface area contributed by atoms with Crippen LogP contribution in [0.25, 0.3) is 0 Å². The van der Waals surface area contributed by atoms with Crippen LogP contribution < -0.4 is 0 Å². The third-order valence-corrected chi connectivity index (χ3v) is 0. The van der Waals surface area contributed by atoms with Gasteiger partial charge in [-0.3, -0.25) is 0 Å². The summed E-state index contributed by atoms with van der Waals surface area (Å²) in [6, 6.07) is 0. The molecule has 4 nitrogen and oxygen atoms in total. The van der Waals surface area contributed by atoms with Crippen molar-refractivity contribution in [2.45, 2.75) is 0 Å². The second-order valence-electron chi connectivity index (χ2n) is 0.600. The van der Waals surface area contributed by atoms with Crippen molar-refractivity contribution < 1.29 is 19.2 Å². The molecule has 0 aromatic heterocycles. The van der Waals surface area contributed by atoms with E-state index in [1.165, 1.54) is 0 Å². The summed E-state index contributed by atoms with van der Waals surface area (Å²) in [7, 11) is -4.61. The zero-order valence-corrected chi connectivity index (χ0v) is 12.8. The van der Waals surface area contributed by atoms with E-state index in [9.17, 15) is 0 Å². The first-order chi connectivity index (χ1) is 2.00. The fraction of sp³-hybridized carbons (Fsp3) is 0. The molecule has 0 atom stereocenters. The van der Waals surface area contributed by atoms with Crippen LogP contribution in [-0.2, 0) is 0 Å². The van der Waals surface area contributed by atoms with E-state index in [0.29, 0.717) is 0 Å². The topological polar surface area (TPSA) is 80.9 Å². The van der Waals surface area contributed by atoms with Gasteiger partial charge in [-0.15, -0.1) is 0 Å². The van der Waals surface area contributed by atoms with Crippen LogP contribution >= 0.6 is 0 Å². The summed E-state index contributed by atoms with van der Waals surface area (Å²) in [5, 5.41) is 0. The van der Waals surface area contributed by atoms with Gasteiger partial charge in [-0.05, 0) is 0 Å². The molecule has 0 bridgehead atoms. The first-order valence-electron chi connectivity index (χ1n) is 0.894. The molecule has 0 heterocycles. The van der Waals surface area contributed by atoms with Crippen molar-refractivity contribution in [3.63, 3.8) is 0 Å². The van der Waals surface area contributed by atoms with Gasteiger partial charge in [0.2, 0.25) is 0 Å². The first kappa shape index (κ1) is 15.9. The predicted octanol–water partition coefficient (Wildman–Crippen LogP) is -4.71. The van der Waals surface area contributed by atoms with Crippen LogP contribution in [0, 0.1) is 0 Å². The van der Waals surface area contributed by atoms with Gasteiger partial charge in [-0.25, -0.2) is 0 Å². The molecule has 0 fully saturated rings. The molecular weight excluding hydrogens is 429 g/mol. The molecule has 0 aromatic rings. The van der Waals surface area contributed by atoms with E-state index in [2.05, 4.69) is 0 Å². The Kier molecular flexibility index (Phi) is 13.3. The Balaban J connectivity index is -0.0000000800. The van der Waals surface area contributed by atoms with E-state index in [-0.39, 0.29) is 49.9 Å². The predicted molar refractivity (Wildman–Crippen MR) is 33.1 cm³/mol. The molecule has 0 amide bonds. The molecule has 0 spiro atoms. The zero-order valence-electron chi connectivity index (χ0n) is 3.50. The molecule has 48 valence electrons. The van der Waals surface area contributed by atoms with Crippen LogP contribution in [0.5, 0.6) is 0 Å². The fourth-order valence-corrected chi connectivity index (χ4v) is 0. The van der Waals surface area contributed by atoms with Crippen molar-refractivity contribution in [2.75, 3.05) is 0 Å². The van der Waals surface area contributed by atoms with Crippen molar-refractivity contribution in [2.24, 2.45) is 0 Å². The average molecular weight is 438 g/mol. The van der Waals surface area contributed by atoms with Crippen LogP contribution in [0.3, 0.4) is 0 Å². The summed E-state index contributed by atoms with van der Waals surface area (Å²) in [5.41, 5.74) is 0. The molecule has 0 unspecified atom stereocenters. The molecule has 0 rings (SSSR count). The van der Waals surface area contributed by atoms with Crippen LogP contribution in [0.15, 0.2) is 0 Å². The van der Waals surface area contributed by atoms with E-state index in [1.807, 2.05) is 0 Å². The van der Waals surface area contributed by atoms with Gasteiger partial charge < -0.3 is 19.2 Å². The molecule has 0 radical (unpaired) electrons. The maximum absolute atomic E-state index is 7.33. The fourth-order valence-electron chi connectivity index (χ4n) is 0. The van der Waals surface area contributed by atoms with Gasteiger partial charge in [0.05, 0.1) is 0 Å². The van der Waals surface area contributed by atoms with E-state index in [4.69, 9.17) is 19.2 Å². The van der Waals surface area contributed by atoms with Crippen molar-refractivity contribution in [1.29, 1.82) is 0 Å². The zero-order chi connectivity index (χ0) is 4.50. The molecule has 0 saturated heterocycles. The third kappa shape index (κ3) is 84.8. The summed E-state index contributed by atoms with van der Waals surface area (Å²) in [6.45, 7) is 0. The van der Waals surface area contributed by atoms with E-state index < -0.39 is 9.05 Å². The third-order valence-electron chi connectivity index (χ3n) is 0. The minimum absolute atomic E-state index is 0. The van der Waals surface area contributed by atoms with Crippen LogP contribution in [0.2, 0.25) is 0 Å². The van der Waals surface area contributed by atoms with Gasteiger partial charge in [-0.1, -0.05) is 0 Å². The second kappa shape index (κ2) is 5.86. The molecule has 7 heteroatoms. The van der Waals surface area contributed by atoms with E-state index >= 15 is 0 Å². The molecule has 0 aliphatic rings. The Morgan fingerprint density at radius 1 is 0.857 bits per heavy atom. The molecule has 0 aliphatic heterocycles. The van der Waals surface area contributed by atoms with Crippen LogP contribution in [0.1, 0.15) is 0 Å². The molecule has 0 saturated carbocycles. The SMILES string of the molecule is O[Si](O)(O)O.[BiH3].[TeH2]. The van der Waals surface area contributed by atoms with Crippen molar-refractivity contribution >= 4 is 58.9 Å². The molecule has 0 aromatic carbocycles. The summed E-state index contributed by atoms with van der Waals surface area (Å²) in [6.07, 6.45) is 0. The van der Waals surface area contributed by atoms with Crippen LogP contribution in [-0.4, -0.2) is 78.1 Å². The Bertz CT molecular complexity index is 27.2. The minimum atomic E-state index is -4.61. The Morgan fingerprint density at radius 3 is 0.857 bits per heavy atom. The van der Waals surface area contributed by atoms with Crippen LogP contribution in [0.4, 0.5) is 0 Å². The normalized spacial score (nSPS) is 8.57. The summed E-state index contributed by atoms with van der Waals surface area (Å²) in [5.74, 6) is 0. The number of hydrogen-bond donors (Lipinski definition) is 4. The molecule has 7 heavy (non-hydrogen) atoms. The number of hydrogen-bond acceptors (Lipinski definition) is 4. The van der Waals surface area contributed by atoms with E-state index in [0.717, 1.165) is 0 Å². The van der Waals surface area contributed by atoms with Gasteiger partial charge in [0.15, 0.2) is 0 Å². The monoisotopic (exact) mass is 440 g/mol. The molecule has 4 N–H and O–H groups in total. The number of rotatable bonds is 0.